The fourth-order valence-electron chi connectivity index (χ4n) is 2.14. The fraction of sp³-hybridized carbons (Fsp3) is 0.500. The lowest BCUT2D eigenvalue weighted by Crippen LogP contribution is -2.40. The van der Waals surface area contributed by atoms with Gasteiger partial charge in [0.15, 0.2) is 0 Å². The number of benzene rings is 1. The number of nitrogens with zero attached hydrogens (tertiary/aromatic N) is 2. The molecule has 4 heteroatoms. The van der Waals surface area contributed by atoms with E-state index in [4.69, 9.17) is 4.74 Å². The zero-order valence-electron chi connectivity index (χ0n) is 14.3. The highest BCUT2D eigenvalue weighted by molar-refractivity contribution is 5.78. The van der Waals surface area contributed by atoms with Gasteiger partial charge in [0.25, 0.3) is 0 Å². The molecule has 0 radical (unpaired) electrons. The lowest BCUT2D eigenvalue weighted by molar-refractivity contribution is -0.131. The van der Waals surface area contributed by atoms with Crippen molar-refractivity contribution in [2.75, 3.05) is 39.8 Å². The highest BCUT2D eigenvalue weighted by Crippen LogP contribution is 2.15. The minimum absolute atomic E-state index is 0.129. The Balaban J connectivity index is 2.36. The molecule has 0 atom stereocenters. The van der Waals surface area contributed by atoms with Gasteiger partial charge in [-0.3, -0.25) is 9.69 Å². The van der Waals surface area contributed by atoms with Crippen LogP contribution in [0.5, 0.6) is 5.75 Å². The number of likely N-dealkylation sites (N-methyl/N-ethyl adjacent to an activating group) is 2. The monoisotopic (exact) mass is 304 g/mol. The number of ether oxygens (including phenoxy) is 1. The van der Waals surface area contributed by atoms with Crippen molar-refractivity contribution in [2.24, 2.45) is 0 Å². The Hall–Kier alpha value is -1.81. The topological polar surface area (TPSA) is 32.8 Å². The van der Waals surface area contributed by atoms with E-state index in [-0.39, 0.29) is 5.91 Å². The van der Waals surface area contributed by atoms with Gasteiger partial charge in [0.2, 0.25) is 5.91 Å². The van der Waals surface area contributed by atoms with Gasteiger partial charge >= 0.3 is 0 Å². The van der Waals surface area contributed by atoms with E-state index in [0.717, 1.165) is 16.9 Å². The molecule has 22 heavy (non-hydrogen) atoms. The number of aryl methyl sites for hydroxylation is 1. The van der Waals surface area contributed by atoms with E-state index in [2.05, 4.69) is 6.58 Å². The molecule has 1 aromatic rings. The summed E-state index contributed by atoms with van der Waals surface area (Å²) >= 11 is 0. The van der Waals surface area contributed by atoms with Crippen molar-refractivity contribution in [1.82, 2.24) is 9.80 Å². The van der Waals surface area contributed by atoms with Crippen molar-refractivity contribution in [3.63, 3.8) is 0 Å². The van der Waals surface area contributed by atoms with Crippen molar-refractivity contribution >= 4 is 5.91 Å². The molecule has 122 valence electrons. The van der Waals surface area contributed by atoms with Gasteiger partial charge in [0, 0.05) is 19.6 Å². The molecular weight excluding hydrogens is 276 g/mol. The number of hydrogen-bond donors (Lipinski definition) is 0. The van der Waals surface area contributed by atoms with Gasteiger partial charge < -0.3 is 9.64 Å². The first-order valence-corrected chi connectivity index (χ1v) is 7.73. The molecule has 1 rings (SSSR count). The number of rotatable bonds is 9. The molecule has 1 amide bonds. The molecule has 0 aliphatic heterocycles. The quantitative estimate of drug-likeness (QED) is 0.658. The van der Waals surface area contributed by atoms with Crippen molar-refractivity contribution in [1.29, 1.82) is 0 Å². The van der Waals surface area contributed by atoms with E-state index in [1.165, 1.54) is 0 Å². The Labute approximate surface area is 134 Å². The maximum absolute atomic E-state index is 12.2. The molecule has 0 heterocycles. The highest BCUT2D eigenvalue weighted by atomic mass is 16.5. The number of carbonyl (C=O) groups is 1. The molecule has 0 N–H and O–H groups in total. The smallest absolute Gasteiger partial charge is 0.237 e. The Kier molecular flexibility index (Phi) is 7.67. The van der Waals surface area contributed by atoms with Crippen LogP contribution in [0.15, 0.2) is 36.4 Å². The van der Waals surface area contributed by atoms with Crippen LogP contribution >= 0.6 is 0 Å². The van der Waals surface area contributed by atoms with Crippen LogP contribution < -0.4 is 4.74 Å². The summed E-state index contributed by atoms with van der Waals surface area (Å²) in [5.74, 6) is 1.03. The first-order chi connectivity index (χ1) is 10.4. The molecular formula is C18H28N2O2. The van der Waals surface area contributed by atoms with E-state index in [1.54, 1.807) is 0 Å². The number of amides is 1. The van der Waals surface area contributed by atoms with Crippen LogP contribution in [0.3, 0.4) is 0 Å². The lowest BCUT2D eigenvalue weighted by Gasteiger charge is -2.24. The van der Waals surface area contributed by atoms with Crippen molar-refractivity contribution in [3.8, 4) is 5.75 Å². The summed E-state index contributed by atoms with van der Waals surface area (Å²) in [5.41, 5.74) is 2.13. The number of para-hydroxylation sites is 1. The summed E-state index contributed by atoms with van der Waals surface area (Å²) in [6.07, 6.45) is 0. The van der Waals surface area contributed by atoms with Crippen LogP contribution in [-0.4, -0.2) is 55.5 Å². The predicted molar refractivity (Wildman–Crippen MR) is 91.2 cm³/mol. The van der Waals surface area contributed by atoms with Crippen LogP contribution in [0, 0.1) is 6.92 Å². The summed E-state index contributed by atoms with van der Waals surface area (Å²) in [6, 6.07) is 7.95. The largest absolute Gasteiger partial charge is 0.492 e. The van der Waals surface area contributed by atoms with E-state index in [1.807, 2.05) is 61.9 Å². The molecule has 0 saturated carbocycles. The molecule has 0 aliphatic rings. The third-order valence-electron chi connectivity index (χ3n) is 3.42. The Bertz CT molecular complexity index is 500. The van der Waals surface area contributed by atoms with Crippen LogP contribution in [0.1, 0.15) is 19.4 Å². The van der Waals surface area contributed by atoms with E-state index in [0.29, 0.717) is 32.8 Å². The van der Waals surface area contributed by atoms with Gasteiger partial charge in [-0.2, -0.15) is 0 Å². The van der Waals surface area contributed by atoms with Gasteiger partial charge in [0.1, 0.15) is 12.4 Å². The van der Waals surface area contributed by atoms with Crippen LogP contribution in [0.2, 0.25) is 0 Å². The van der Waals surface area contributed by atoms with Crippen molar-refractivity contribution in [2.45, 2.75) is 20.8 Å². The first kappa shape index (κ1) is 18.2. The molecule has 4 nitrogen and oxygen atoms in total. The first-order valence-electron chi connectivity index (χ1n) is 7.73. The van der Waals surface area contributed by atoms with Gasteiger partial charge in [0.05, 0.1) is 6.54 Å². The van der Waals surface area contributed by atoms with Crippen molar-refractivity contribution in [3.05, 3.63) is 42.0 Å². The normalized spacial score (nSPS) is 10.6. The SMILES string of the molecule is C=C(C)CN(CC)C(=O)CN(C)CCOc1ccccc1C. The van der Waals surface area contributed by atoms with Gasteiger partial charge in [-0.25, -0.2) is 0 Å². The minimum atomic E-state index is 0.129. The number of carbonyl (C=O) groups excluding carboxylic acids is 1. The molecule has 0 spiro atoms. The lowest BCUT2D eigenvalue weighted by atomic mass is 10.2. The summed E-state index contributed by atoms with van der Waals surface area (Å²) in [5, 5.41) is 0. The molecule has 0 bridgehead atoms. The Morgan fingerprint density at radius 1 is 1.27 bits per heavy atom. The molecule has 0 aliphatic carbocycles. The molecule has 0 saturated heterocycles. The van der Waals surface area contributed by atoms with Crippen LogP contribution in [0.25, 0.3) is 0 Å². The molecule has 0 fully saturated rings. The van der Waals surface area contributed by atoms with Gasteiger partial charge in [-0.05, 0) is 39.4 Å². The second kappa shape index (κ2) is 9.26. The third-order valence-corrected chi connectivity index (χ3v) is 3.42. The fourth-order valence-corrected chi connectivity index (χ4v) is 2.14. The van der Waals surface area contributed by atoms with Crippen molar-refractivity contribution < 1.29 is 9.53 Å². The Morgan fingerprint density at radius 3 is 2.55 bits per heavy atom. The molecule has 1 aromatic carbocycles. The summed E-state index contributed by atoms with van der Waals surface area (Å²) in [4.78, 5) is 16.0. The van der Waals surface area contributed by atoms with Gasteiger partial charge in [-0.1, -0.05) is 30.4 Å². The number of hydrogen-bond acceptors (Lipinski definition) is 3. The van der Waals surface area contributed by atoms with E-state index < -0.39 is 0 Å². The average molecular weight is 304 g/mol. The predicted octanol–water partition coefficient (Wildman–Crippen LogP) is 2.73. The van der Waals surface area contributed by atoms with E-state index in [9.17, 15) is 4.79 Å². The summed E-state index contributed by atoms with van der Waals surface area (Å²) in [6.45, 7) is 12.8. The second-order valence-electron chi connectivity index (χ2n) is 5.72. The zero-order chi connectivity index (χ0) is 16.5. The van der Waals surface area contributed by atoms with E-state index >= 15 is 0 Å². The average Bonchev–Trinajstić information content (AvgIpc) is 2.46. The Morgan fingerprint density at radius 2 is 1.95 bits per heavy atom. The maximum Gasteiger partial charge on any atom is 0.237 e. The standard InChI is InChI=1S/C18H28N2O2/c1-6-20(13-15(2)3)18(21)14-19(5)11-12-22-17-10-8-7-9-16(17)4/h7-10H,2,6,11-14H2,1,3-5H3. The third kappa shape index (κ3) is 6.31. The summed E-state index contributed by atoms with van der Waals surface area (Å²) < 4.78 is 5.76. The van der Waals surface area contributed by atoms with Gasteiger partial charge in [-0.15, -0.1) is 0 Å². The van der Waals surface area contributed by atoms with Crippen LogP contribution in [0.4, 0.5) is 0 Å². The highest BCUT2D eigenvalue weighted by Gasteiger charge is 2.13. The zero-order valence-corrected chi connectivity index (χ0v) is 14.3. The van der Waals surface area contributed by atoms with Crippen LogP contribution in [-0.2, 0) is 4.79 Å². The second-order valence-corrected chi connectivity index (χ2v) is 5.72. The summed E-state index contributed by atoms with van der Waals surface area (Å²) in [7, 11) is 1.94. The molecule has 0 aromatic heterocycles. The minimum Gasteiger partial charge on any atom is -0.492 e. The molecule has 0 unspecified atom stereocenters. The maximum atomic E-state index is 12.2.